The van der Waals surface area contributed by atoms with Gasteiger partial charge in [0.05, 0.1) is 19.3 Å². The van der Waals surface area contributed by atoms with Gasteiger partial charge in [-0.25, -0.2) is 9.59 Å². The van der Waals surface area contributed by atoms with Crippen molar-refractivity contribution in [3.63, 3.8) is 0 Å². The molecule has 0 saturated heterocycles. The summed E-state index contributed by atoms with van der Waals surface area (Å²) in [6.07, 6.45) is 0.929. The van der Waals surface area contributed by atoms with Gasteiger partial charge in [0.15, 0.2) is 0 Å². The van der Waals surface area contributed by atoms with Gasteiger partial charge >= 0.3 is 11.9 Å². The summed E-state index contributed by atoms with van der Waals surface area (Å²) < 4.78 is 21.9. The highest BCUT2D eigenvalue weighted by Gasteiger charge is 2.17. The minimum atomic E-state index is -0.578. The first-order chi connectivity index (χ1) is 16.4. The van der Waals surface area contributed by atoms with Gasteiger partial charge in [0.1, 0.15) is 28.6 Å². The molecule has 0 aromatic heterocycles. The number of methoxy groups -OCH3 is 1. The van der Waals surface area contributed by atoms with Gasteiger partial charge in [-0.2, -0.15) is 0 Å². The molecule has 0 aliphatic carbocycles. The molecule has 7 heteroatoms. The van der Waals surface area contributed by atoms with Crippen LogP contribution in [0.2, 0.25) is 0 Å². The number of esters is 2. The van der Waals surface area contributed by atoms with E-state index in [0.29, 0.717) is 41.1 Å². The average Bonchev–Trinajstić information content (AvgIpc) is 2.84. The number of rotatable bonds is 10. The smallest absolute Gasteiger partial charge is 0.347 e. The van der Waals surface area contributed by atoms with E-state index < -0.39 is 11.9 Å². The maximum Gasteiger partial charge on any atom is 0.347 e. The summed E-state index contributed by atoms with van der Waals surface area (Å²) in [5.41, 5.74) is 1.51. The molecule has 0 atom stereocenters. The Kier molecular flexibility index (Phi) is 8.51. The van der Waals surface area contributed by atoms with E-state index in [9.17, 15) is 9.59 Å². The molecule has 0 fully saturated rings. The molecule has 1 N–H and O–H groups in total. The molecule has 3 rings (SSSR count). The summed E-state index contributed by atoms with van der Waals surface area (Å²) in [6.45, 7) is 4.84. The molecule has 34 heavy (non-hydrogen) atoms. The van der Waals surface area contributed by atoms with Crippen molar-refractivity contribution in [3.8, 4) is 23.0 Å². The first-order valence-electron chi connectivity index (χ1n) is 11.0. The van der Waals surface area contributed by atoms with Crippen molar-refractivity contribution in [2.75, 3.05) is 26.1 Å². The Morgan fingerprint density at radius 1 is 0.824 bits per heavy atom. The summed E-state index contributed by atoms with van der Waals surface area (Å²) in [5.74, 6) is 1.15. The maximum atomic E-state index is 12.7. The fourth-order valence-corrected chi connectivity index (χ4v) is 3.02. The summed E-state index contributed by atoms with van der Waals surface area (Å²) in [5, 5.41) is 3.00. The van der Waals surface area contributed by atoms with Gasteiger partial charge in [0.2, 0.25) is 0 Å². The Hall–Kier alpha value is -4.00. The topological polar surface area (TPSA) is 83.1 Å². The van der Waals surface area contributed by atoms with Crippen molar-refractivity contribution in [2.45, 2.75) is 20.3 Å². The molecule has 3 aromatic rings. The van der Waals surface area contributed by atoms with Crippen molar-refractivity contribution in [2.24, 2.45) is 5.92 Å². The zero-order chi connectivity index (χ0) is 24.5. The van der Waals surface area contributed by atoms with Crippen molar-refractivity contribution in [1.29, 1.82) is 0 Å². The number of hydrogen-bond acceptors (Lipinski definition) is 7. The van der Waals surface area contributed by atoms with Crippen LogP contribution in [0, 0.1) is 5.92 Å². The summed E-state index contributed by atoms with van der Waals surface area (Å²) in [7, 11) is 3.29. The molecule has 7 nitrogen and oxygen atoms in total. The second-order valence-electron chi connectivity index (χ2n) is 7.97. The molecule has 0 saturated carbocycles. The van der Waals surface area contributed by atoms with Gasteiger partial charge in [-0.15, -0.1) is 0 Å². The lowest BCUT2D eigenvalue weighted by molar-refractivity contribution is 0.0728. The van der Waals surface area contributed by atoms with E-state index in [4.69, 9.17) is 18.9 Å². The minimum Gasteiger partial charge on any atom is -0.496 e. The molecular weight excluding hydrogens is 434 g/mol. The summed E-state index contributed by atoms with van der Waals surface area (Å²) in [6, 6.07) is 18.2. The van der Waals surface area contributed by atoms with E-state index in [2.05, 4.69) is 19.2 Å². The molecule has 0 amide bonds. The van der Waals surface area contributed by atoms with Crippen LogP contribution in [0.1, 0.15) is 41.0 Å². The molecule has 178 valence electrons. The zero-order valence-electron chi connectivity index (χ0n) is 19.8. The second-order valence-corrected chi connectivity index (χ2v) is 7.97. The Morgan fingerprint density at radius 3 is 2.00 bits per heavy atom. The Labute approximate surface area is 199 Å². The van der Waals surface area contributed by atoms with Crippen molar-refractivity contribution in [3.05, 3.63) is 77.9 Å². The lowest BCUT2D eigenvalue weighted by Gasteiger charge is -2.12. The molecule has 0 aliphatic heterocycles. The first kappa shape index (κ1) is 24.6. The molecule has 0 unspecified atom stereocenters. The highest BCUT2D eigenvalue weighted by atomic mass is 16.5. The van der Waals surface area contributed by atoms with Crippen LogP contribution in [-0.2, 0) is 0 Å². The lowest BCUT2D eigenvalue weighted by atomic mass is 10.1. The normalized spacial score (nSPS) is 10.5. The van der Waals surface area contributed by atoms with Crippen LogP contribution in [0.4, 0.5) is 5.69 Å². The van der Waals surface area contributed by atoms with Gasteiger partial charge in [0, 0.05) is 18.8 Å². The van der Waals surface area contributed by atoms with Crippen LogP contribution in [0.15, 0.2) is 66.7 Å². The van der Waals surface area contributed by atoms with Gasteiger partial charge in [-0.1, -0.05) is 13.8 Å². The van der Waals surface area contributed by atoms with E-state index in [-0.39, 0.29) is 5.56 Å². The average molecular weight is 464 g/mol. The maximum absolute atomic E-state index is 12.7. The summed E-state index contributed by atoms with van der Waals surface area (Å²) in [4.78, 5) is 25.1. The van der Waals surface area contributed by atoms with Gasteiger partial charge < -0.3 is 24.3 Å². The van der Waals surface area contributed by atoms with Crippen LogP contribution in [0.3, 0.4) is 0 Å². The fraction of sp³-hybridized carbons (Fsp3) is 0.259. The third kappa shape index (κ3) is 6.75. The molecule has 0 heterocycles. The third-order valence-corrected chi connectivity index (χ3v) is 5.01. The largest absolute Gasteiger partial charge is 0.496 e. The van der Waals surface area contributed by atoms with E-state index in [0.717, 1.165) is 12.1 Å². The minimum absolute atomic E-state index is 0.271. The molecule has 0 bridgehead atoms. The van der Waals surface area contributed by atoms with Gasteiger partial charge in [-0.3, -0.25) is 0 Å². The van der Waals surface area contributed by atoms with Crippen LogP contribution in [0.5, 0.6) is 23.0 Å². The molecule has 0 aliphatic rings. The van der Waals surface area contributed by atoms with E-state index >= 15 is 0 Å². The number of ether oxygens (including phenoxy) is 4. The van der Waals surface area contributed by atoms with Crippen LogP contribution in [0.25, 0.3) is 0 Å². The SMILES string of the molecule is CNc1ccc(OC(=O)c2ccc(OC(=O)c3ccc(OCCC(C)C)cc3OC)cc2)cc1. The Balaban J connectivity index is 1.61. The number of anilines is 1. The molecule has 3 aromatic carbocycles. The number of nitrogens with one attached hydrogen (secondary N) is 1. The zero-order valence-corrected chi connectivity index (χ0v) is 19.8. The lowest BCUT2D eigenvalue weighted by Crippen LogP contribution is -2.11. The summed E-state index contributed by atoms with van der Waals surface area (Å²) >= 11 is 0. The number of hydrogen-bond donors (Lipinski definition) is 1. The van der Waals surface area contributed by atoms with Crippen molar-refractivity contribution < 1.29 is 28.5 Å². The van der Waals surface area contributed by atoms with Gasteiger partial charge in [0.25, 0.3) is 0 Å². The predicted molar refractivity (Wildman–Crippen MR) is 130 cm³/mol. The first-order valence-corrected chi connectivity index (χ1v) is 11.0. The van der Waals surface area contributed by atoms with Gasteiger partial charge in [-0.05, 0) is 73.0 Å². The number of carbonyl (C=O) groups is 2. The number of carbonyl (C=O) groups excluding carboxylic acids is 2. The second kappa shape index (κ2) is 11.7. The molecular formula is C27H29NO6. The van der Waals surface area contributed by atoms with Crippen LogP contribution >= 0.6 is 0 Å². The Morgan fingerprint density at radius 2 is 1.41 bits per heavy atom. The highest BCUT2D eigenvalue weighted by Crippen LogP contribution is 2.27. The number of benzene rings is 3. The van der Waals surface area contributed by atoms with E-state index in [1.807, 2.05) is 19.2 Å². The van der Waals surface area contributed by atoms with Crippen LogP contribution in [-0.4, -0.2) is 32.7 Å². The van der Waals surface area contributed by atoms with E-state index in [1.165, 1.54) is 31.4 Å². The third-order valence-electron chi connectivity index (χ3n) is 5.01. The van der Waals surface area contributed by atoms with Crippen molar-refractivity contribution in [1.82, 2.24) is 0 Å². The molecule has 0 radical (unpaired) electrons. The quantitative estimate of drug-likeness (QED) is 0.309. The van der Waals surface area contributed by atoms with E-state index in [1.54, 1.807) is 30.3 Å². The fourth-order valence-electron chi connectivity index (χ4n) is 3.02. The standard InChI is InChI=1S/C27H29NO6/c1-18(2)15-16-32-23-13-14-24(25(17-23)31-4)27(30)34-21-9-5-19(6-10-21)26(29)33-22-11-7-20(28-3)8-12-22/h5-14,17-18,28H,15-16H2,1-4H3. The van der Waals surface area contributed by atoms with Crippen LogP contribution < -0.4 is 24.3 Å². The molecule has 0 spiro atoms. The predicted octanol–water partition coefficient (Wildman–Crippen LogP) is 5.60. The monoisotopic (exact) mass is 463 g/mol. The van der Waals surface area contributed by atoms with Crippen molar-refractivity contribution >= 4 is 17.6 Å². The highest BCUT2D eigenvalue weighted by molar-refractivity contribution is 5.94. The Bertz CT molecular complexity index is 1110.